The maximum absolute atomic E-state index is 13.8. The average molecular weight is 331 g/mol. The van der Waals surface area contributed by atoms with Crippen LogP contribution in [0.2, 0.25) is 5.02 Å². The van der Waals surface area contributed by atoms with Crippen molar-refractivity contribution < 1.29 is 12.8 Å². The third-order valence-electron chi connectivity index (χ3n) is 2.57. The Morgan fingerprint density at radius 2 is 1.95 bits per heavy atom. The van der Waals surface area contributed by atoms with Gasteiger partial charge in [0.05, 0.1) is 28.0 Å². The Morgan fingerprint density at radius 3 is 2.57 bits per heavy atom. The Hall–Kier alpha value is -1.77. The number of sulfonamides is 1. The van der Waals surface area contributed by atoms with E-state index in [1.807, 2.05) is 0 Å². The highest BCUT2D eigenvalue weighted by Gasteiger charge is 2.19. The number of aromatic nitrogens is 2. The smallest absolute Gasteiger partial charge is 0.262 e. The zero-order chi connectivity index (χ0) is 15.5. The molecule has 0 unspecified atom stereocenters. The third kappa shape index (κ3) is 3.66. The molecule has 21 heavy (non-hydrogen) atoms. The van der Waals surface area contributed by atoms with Crippen molar-refractivity contribution in [3.63, 3.8) is 0 Å². The molecule has 1 aromatic heterocycles. The van der Waals surface area contributed by atoms with Crippen molar-refractivity contribution in [3.05, 3.63) is 47.3 Å². The molecule has 6 nitrogen and oxygen atoms in total. The number of anilines is 1. The van der Waals surface area contributed by atoms with Crippen LogP contribution in [0, 0.1) is 5.82 Å². The highest BCUT2D eigenvalue weighted by molar-refractivity contribution is 7.92. The molecule has 0 spiro atoms. The molecule has 0 bridgehead atoms. The molecule has 2 N–H and O–H groups in total. The molecule has 0 aliphatic carbocycles. The van der Waals surface area contributed by atoms with Crippen LogP contribution in [-0.2, 0) is 16.6 Å². The SMILES string of the molecule is CNCc1cc(S(=O)(=O)Nc2cncnc2)cc(F)c1Cl. The second kappa shape index (κ2) is 6.33. The maximum Gasteiger partial charge on any atom is 0.262 e. The lowest BCUT2D eigenvalue weighted by molar-refractivity contribution is 0.594. The molecule has 0 saturated heterocycles. The van der Waals surface area contributed by atoms with Gasteiger partial charge in [0.15, 0.2) is 0 Å². The van der Waals surface area contributed by atoms with E-state index in [1.165, 1.54) is 24.8 Å². The van der Waals surface area contributed by atoms with Crippen LogP contribution >= 0.6 is 11.6 Å². The molecule has 9 heteroatoms. The van der Waals surface area contributed by atoms with Crippen LogP contribution in [0.4, 0.5) is 10.1 Å². The van der Waals surface area contributed by atoms with Gasteiger partial charge in [-0.15, -0.1) is 0 Å². The first-order valence-electron chi connectivity index (χ1n) is 5.84. The maximum atomic E-state index is 13.8. The monoisotopic (exact) mass is 330 g/mol. The standard InChI is InChI=1S/C12H12ClFN4O2S/c1-15-4-8-2-10(3-11(14)12(8)13)21(19,20)18-9-5-16-7-17-6-9/h2-3,5-7,15,18H,4H2,1H3. The summed E-state index contributed by atoms with van der Waals surface area (Å²) in [6.07, 6.45) is 3.86. The summed E-state index contributed by atoms with van der Waals surface area (Å²) in [7, 11) is -2.30. The summed E-state index contributed by atoms with van der Waals surface area (Å²) in [4.78, 5) is 7.17. The largest absolute Gasteiger partial charge is 0.316 e. The van der Waals surface area contributed by atoms with E-state index in [2.05, 4.69) is 20.0 Å². The Labute approximate surface area is 126 Å². The second-order valence-electron chi connectivity index (χ2n) is 4.14. The lowest BCUT2D eigenvalue weighted by Crippen LogP contribution is -2.15. The molecule has 0 aliphatic heterocycles. The van der Waals surface area contributed by atoms with Crippen molar-refractivity contribution in [3.8, 4) is 0 Å². The number of nitrogens with zero attached hydrogens (tertiary/aromatic N) is 2. The minimum atomic E-state index is -3.95. The molecule has 1 aromatic carbocycles. The minimum Gasteiger partial charge on any atom is -0.316 e. The van der Waals surface area contributed by atoms with Gasteiger partial charge in [0.1, 0.15) is 12.1 Å². The van der Waals surface area contributed by atoms with Crippen LogP contribution in [0.25, 0.3) is 0 Å². The predicted molar refractivity (Wildman–Crippen MR) is 77.0 cm³/mol. The summed E-state index contributed by atoms with van der Waals surface area (Å²) in [5.74, 6) is -0.797. The van der Waals surface area contributed by atoms with Gasteiger partial charge in [-0.3, -0.25) is 4.72 Å². The number of benzene rings is 1. The van der Waals surface area contributed by atoms with E-state index in [-0.39, 0.29) is 22.2 Å². The number of hydrogen-bond acceptors (Lipinski definition) is 5. The summed E-state index contributed by atoms with van der Waals surface area (Å²) in [6.45, 7) is 0.244. The number of hydrogen-bond donors (Lipinski definition) is 2. The predicted octanol–water partition coefficient (Wildman–Crippen LogP) is 1.79. The summed E-state index contributed by atoms with van der Waals surface area (Å²) >= 11 is 5.80. The van der Waals surface area contributed by atoms with E-state index in [4.69, 9.17) is 11.6 Å². The zero-order valence-corrected chi connectivity index (χ0v) is 12.5. The Kier molecular flexibility index (Phi) is 4.71. The van der Waals surface area contributed by atoms with Gasteiger partial charge >= 0.3 is 0 Å². The first-order chi connectivity index (χ1) is 9.94. The van der Waals surface area contributed by atoms with Gasteiger partial charge in [-0.1, -0.05) is 11.6 Å². The lowest BCUT2D eigenvalue weighted by atomic mass is 10.2. The van der Waals surface area contributed by atoms with E-state index >= 15 is 0 Å². The molecule has 0 radical (unpaired) electrons. The van der Waals surface area contributed by atoms with Gasteiger partial charge in [0, 0.05) is 6.54 Å². The number of halogens is 2. The van der Waals surface area contributed by atoms with Crippen LogP contribution in [0.15, 0.2) is 35.7 Å². The Balaban J connectivity index is 2.40. The molecular weight excluding hydrogens is 319 g/mol. The number of nitrogens with one attached hydrogen (secondary N) is 2. The van der Waals surface area contributed by atoms with Crippen LogP contribution in [0.5, 0.6) is 0 Å². The molecule has 0 atom stereocenters. The molecule has 0 saturated carbocycles. The zero-order valence-electron chi connectivity index (χ0n) is 11.0. The van der Waals surface area contributed by atoms with Gasteiger partial charge in [-0.2, -0.15) is 0 Å². The van der Waals surface area contributed by atoms with Crippen LogP contribution in [0.3, 0.4) is 0 Å². The molecule has 0 aliphatic rings. The van der Waals surface area contributed by atoms with E-state index in [0.29, 0.717) is 5.56 Å². The molecule has 2 rings (SSSR count). The van der Waals surface area contributed by atoms with Crippen molar-refractivity contribution in [1.29, 1.82) is 0 Å². The summed E-state index contributed by atoms with van der Waals surface area (Å²) in [5, 5.41) is 2.69. The molecule has 0 fully saturated rings. The van der Waals surface area contributed by atoms with Gasteiger partial charge in [0.2, 0.25) is 0 Å². The topological polar surface area (TPSA) is 84.0 Å². The third-order valence-corrected chi connectivity index (χ3v) is 4.35. The van der Waals surface area contributed by atoms with Crippen molar-refractivity contribution >= 4 is 27.3 Å². The first-order valence-corrected chi connectivity index (χ1v) is 7.70. The van der Waals surface area contributed by atoms with E-state index in [9.17, 15) is 12.8 Å². The van der Waals surface area contributed by atoms with Gasteiger partial charge in [-0.05, 0) is 24.7 Å². The normalized spacial score (nSPS) is 11.4. The van der Waals surface area contributed by atoms with Crippen LogP contribution < -0.4 is 10.0 Å². The quantitative estimate of drug-likeness (QED) is 0.873. The fraction of sp³-hybridized carbons (Fsp3) is 0.167. The highest BCUT2D eigenvalue weighted by Crippen LogP contribution is 2.25. The summed E-state index contributed by atoms with van der Waals surface area (Å²) in [5.41, 5.74) is 0.534. The molecular formula is C12H12ClFN4O2S. The lowest BCUT2D eigenvalue weighted by Gasteiger charge is -2.11. The van der Waals surface area contributed by atoms with E-state index < -0.39 is 15.8 Å². The Morgan fingerprint density at radius 1 is 1.29 bits per heavy atom. The summed E-state index contributed by atoms with van der Waals surface area (Å²) in [6, 6.07) is 2.18. The molecule has 0 amide bonds. The van der Waals surface area contributed by atoms with Crippen molar-refractivity contribution in [2.75, 3.05) is 11.8 Å². The average Bonchev–Trinajstić information content (AvgIpc) is 2.44. The van der Waals surface area contributed by atoms with E-state index in [0.717, 1.165) is 6.07 Å². The van der Waals surface area contributed by atoms with Crippen molar-refractivity contribution in [2.24, 2.45) is 0 Å². The van der Waals surface area contributed by atoms with Gasteiger partial charge < -0.3 is 5.32 Å². The van der Waals surface area contributed by atoms with Crippen LogP contribution in [-0.4, -0.2) is 25.4 Å². The molecule has 2 aromatic rings. The fourth-order valence-electron chi connectivity index (χ4n) is 1.66. The van der Waals surface area contributed by atoms with Crippen molar-refractivity contribution in [2.45, 2.75) is 11.4 Å². The number of rotatable bonds is 5. The summed E-state index contributed by atoms with van der Waals surface area (Å²) < 4.78 is 40.5. The Bertz CT molecular complexity index is 740. The molecule has 112 valence electrons. The van der Waals surface area contributed by atoms with Gasteiger partial charge in [0.25, 0.3) is 10.0 Å². The minimum absolute atomic E-state index is 0.105. The fourth-order valence-corrected chi connectivity index (χ4v) is 2.92. The second-order valence-corrected chi connectivity index (χ2v) is 6.20. The van der Waals surface area contributed by atoms with Gasteiger partial charge in [-0.25, -0.2) is 22.8 Å². The van der Waals surface area contributed by atoms with E-state index in [1.54, 1.807) is 7.05 Å². The van der Waals surface area contributed by atoms with Crippen LogP contribution in [0.1, 0.15) is 5.56 Å². The van der Waals surface area contributed by atoms with Crippen molar-refractivity contribution in [1.82, 2.24) is 15.3 Å². The molecule has 1 heterocycles. The highest BCUT2D eigenvalue weighted by atomic mass is 35.5. The first kappa shape index (κ1) is 15.6.